The largest absolute Gasteiger partial charge is 0.311 e. The average molecular weight is 884 g/mol. The summed E-state index contributed by atoms with van der Waals surface area (Å²) in [5, 5.41) is 7.26. The molecule has 0 spiro atoms. The van der Waals surface area contributed by atoms with E-state index < -0.39 is 0 Å². The lowest BCUT2D eigenvalue weighted by atomic mass is 9.86. The van der Waals surface area contributed by atoms with Crippen LogP contribution in [-0.2, 0) is 10.8 Å². The summed E-state index contributed by atoms with van der Waals surface area (Å²) in [5.74, 6) is 0. The molecule has 0 bridgehead atoms. The van der Waals surface area contributed by atoms with Crippen molar-refractivity contribution >= 4 is 83.5 Å². The van der Waals surface area contributed by atoms with E-state index in [0.29, 0.717) is 0 Å². The van der Waals surface area contributed by atoms with Crippen LogP contribution < -0.4 is 14.7 Å². The summed E-state index contributed by atoms with van der Waals surface area (Å²) in [4.78, 5) is 7.19. The SMILES string of the molecule is Cc1ccc(N(c2ccc(C)cc2)c2ccc(N(c3ccc(C)cc3)c3cccc4c3ccc3cc5cccc(N(c6ccc(C(C)(C)C)cc6)c6ccc(C(C)(C)C)cc6)c5cc34)cc2)cc1. The van der Waals surface area contributed by atoms with E-state index in [1.165, 1.54) is 60.1 Å². The van der Waals surface area contributed by atoms with Gasteiger partial charge in [0.05, 0.1) is 11.4 Å². The number of aryl methyl sites for hydroxylation is 3. The van der Waals surface area contributed by atoms with E-state index in [-0.39, 0.29) is 10.8 Å². The Hall–Kier alpha value is -7.62. The van der Waals surface area contributed by atoms with Gasteiger partial charge in [0.25, 0.3) is 0 Å². The molecule has 0 aliphatic rings. The maximum Gasteiger partial charge on any atom is 0.0540 e. The van der Waals surface area contributed by atoms with Gasteiger partial charge in [-0.1, -0.05) is 155 Å². The second-order valence-electron chi connectivity index (χ2n) is 20.6. The van der Waals surface area contributed by atoms with E-state index in [2.05, 4.69) is 283 Å². The first-order valence-electron chi connectivity index (χ1n) is 24.0. The number of benzene rings is 10. The molecule has 68 heavy (non-hydrogen) atoms. The van der Waals surface area contributed by atoms with Gasteiger partial charge in [-0.25, -0.2) is 0 Å². The smallest absolute Gasteiger partial charge is 0.0540 e. The Morgan fingerprint density at radius 1 is 0.265 bits per heavy atom. The minimum absolute atomic E-state index is 0.0546. The molecule has 336 valence electrons. The Morgan fingerprint density at radius 2 is 0.603 bits per heavy atom. The zero-order valence-electron chi connectivity index (χ0n) is 41.0. The topological polar surface area (TPSA) is 9.72 Å². The minimum Gasteiger partial charge on any atom is -0.311 e. The van der Waals surface area contributed by atoms with E-state index >= 15 is 0 Å². The molecule has 10 aromatic rings. The Balaban J connectivity index is 1.12. The fourth-order valence-corrected chi connectivity index (χ4v) is 9.58. The fourth-order valence-electron chi connectivity index (χ4n) is 9.58. The van der Waals surface area contributed by atoms with Crippen molar-refractivity contribution in [1.82, 2.24) is 0 Å². The van der Waals surface area contributed by atoms with Crippen molar-refractivity contribution in [3.8, 4) is 0 Å². The fraction of sp³-hybridized carbons (Fsp3) is 0.169. The van der Waals surface area contributed by atoms with Crippen molar-refractivity contribution < 1.29 is 0 Å². The average Bonchev–Trinajstić information content (AvgIpc) is 3.33. The summed E-state index contributed by atoms with van der Waals surface area (Å²) in [7, 11) is 0. The highest BCUT2D eigenvalue weighted by atomic mass is 15.2. The molecule has 0 radical (unpaired) electrons. The second-order valence-corrected chi connectivity index (χ2v) is 20.6. The zero-order chi connectivity index (χ0) is 47.3. The minimum atomic E-state index is 0.0546. The van der Waals surface area contributed by atoms with Gasteiger partial charge in [-0.3, -0.25) is 0 Å². The van der Waals surface area contributed by atoms with Gasteiger partial charge in [0.2, 0.25) is 0 Å². The van der Waals surface area contributed by atoms with Gasteiger partial charge < -0.3 is 14.7 Å². The third-order valence-electron chi connectivity index (χ3n) is 13.5. The molecule has 0 saturated carbocycles. The van der Waals surface area contributed by atoms with Crippen molar-refractivity contribution in [2.75, 3.05) is 14.7 Å². The molecule has 10 rings (SSSR count). The third-order valence-corrected chi connectivity index (χ3v) is 13.5. The lowest BCUT2D eigenvalue weighted by Gasteiger charge is -2.29. The van der Waals surface area contributed by atoms with E-state index in [0.717, 1.165) is 51.2 Å². The first-order valence-corrected chi connectivity index (χ1v) is 24.0. The zero-order valence-corrected chi connectivity index (χ0v) is 41.0. The molecule has 0 saturated heterocycles. The van der Waals surface area contributed by atoms with Gasteiger partial charge in [-0.2, -0.15) is 0 Å². The Kier molecular flexibility index (Phi) is 11.4. The normalized spacial score (nSPS) is 11.9. The molecule has 0 atom stereocenters. The number of nitrogens with zero attached hydrogens (tertiary/aromatic N) is 3. The molecule has 0 N–H and O–H groups in total. The number of fused-ring (bicyclic) bond motifs is 4. The van der Waals surface area contributed by atoms with Crippen LogP contribution >= 0.6 is 0 Å². The first kappa shape index (κ1) is 44.2. The summed E-state index contributed by atoms with van der Waals surface area (Å²) in [6.45, 7) is 20.1. The maximum absolute atomic E-state index is 2.44. The van der Waals surface area contributed by atoms with Gasteiger partial charge in [0.15, 0.2) is 0 Å². The predicted molar refractivity (Wildman–Crippen MR) is 295 cm³/mol. The van der Waals surface area contributed by atoms with E-state index in [4.69, 9.17) is 0 Å². The molecular formula is C65H61N3. The Bertz CT molecular complexity index is 3290. The molecule has 10 aromatic carbocycles. The van der Waals surface area contributed by atoms with Crippen molar-refractivity contribution in [2.24, 2.45) is 0 Å². The van der Waals surface area contributed by atoms with E-state index in [9.17, 15) is 0 Å². The second kappa shape index (κ2) is 17.6. The molecule has 0 unspecified atom stereocenters. The van der Waals surface area contributed by atoms with Crippen LogP contribution in [0.3, 0.4) is 0 Å². The number of rotatable bonds is 9. The molecule has 3 nitrogen and oxygen atoms in total. The molecule has 0 aliphatic carbocycles. The standard InChI is InChI=1S/C65H61N3/c1-44-16-27-51(28-17-44)66(52-29-18-45(2)19-30-52)53-37-39-57(40-38-53)67(54-31-20-46(3)21-32-54)62-15-11-13-58-59(62)41-22-48-42-47-12-10-14-63(61(47)43-60(48)58)68(55-33-23-49(24-34-55)64(4,5)6)56-35-25-50(26-36-56)65(7,8)9/h10-43H,1-9H3. The van der Waals surface area contributed by atoms with Crippen LogP contribution in [0.4, 0.5) is 51.2 Å². The quantitative estimate of drug-likeness (QED) is 0.106. The van der Waals surface area contributed by atoms with Crippen molar-refractivity contribution in [3.05, 3.63) is 234 Å². The summed E-state index contributed by atoms with van der Waals surface area (Å²) >= 11 is 0. The lowest BCUT2D eigenvalue weighted by Crippen LogP contribution is -2.14. The van der Waals surface area contributed by atoms with Crippen LogP contribution in [0.25, 0.3) is 32.3 Å². The maximum atomic E-state index is 2.44. The van der Waals surface area contributed by atoms with Gasteiger partial charge in [0.1, 0.15) is 0 Å². The molecule has 0 fully saturated rings. The molecule has 0 amide bonds. The molecule has 0 aliphatic heterocycles. The van der Waals surface area contributed by atoms with Crippen molar-refractivity contribution in [2.45, 2.75) is 73.1 Å². The van der Waals surface area contributed by atoms with Gasteiger partial charge >= 0.3 is 0 Å². The van der Waals surface area contributed by atoms with Crippen LogP contribution in [0.5, 0.6) is 0 Å². The number of hydrogen-bond donors (Lipinski definition) is 0. The highest BCUT2D eigenvalue weighted by Crippen LogP contribution is 2.46. The monoisotopic (exact) mass is 883 g/mol. The summed E-state index contributed by atoms with van der Waals surface area (Å²) in [5.41, 5.74) is 16.5. The Labute approximate surface area is 403 Å². The van der Waals surface area contributed by atoms with Crippen LogP contribution in [0.1, 0.15) is 69.4 Å². The number of anilines is 9. The summed E-state index contributed by atoms with van der Waals surface area (Å²) < 4.78 is 0. The Morgan fingerprint density at radius 3 is 1.01 bits per heavy atom. The summed E-state index contributed by atoms with van der Waals surface area (Å²) in [6.07, 6.45) is 0. The summed E-state index contributed by atoms with van der Waals surface area (Å²) in [6, 6.07) is 76.8. The number of hydrogen-bond acceptors (Lipinski definition) is 3. The van der Waals surface area contributed by atoms with E-state index in [1.807, 2.05) is 0 Å². The predicted octanol–water partition coefficient (Wildman–Crippen LogP) is 19.1. The third kappa shape index (κ3) is 8.61. The van der Waals surface area contributed by atoms with E-state index in [1.54, 1.807) is 0 Å². The van der Waals surface area contributed by atoms with Crippen molar-refractivity contribution in [3.63, 3.8) is 0 Å². The molecule has 0 heterocycles. The highest BCUT2D eigenvalue weighted by Gasteiger charge is 2.22. The van der Waals surface area contributed by atoms with Crippen LogP contribution in [0.15, 0.2) is 206 Å². The lowest BCUT2D eigenvalue weighted by molar-refractivity contribution is 0.590. The van der Waals surface area contributed by atoms with Crippen molar-refractivity contribution in [1.29, 1.82) is 0 Å². The molecular weight excluding hydrogens is 823 g/mol. The van der Waals surface area contributed by atoms with Crippen LogP contribution in [0.2, 0.25) is 0 Å². The van der Waals surface area contributed by atoms with Gasteiger partial charge in [0, 0.05) is 50.6 Å². The molecule has 0 aromatic heterocycles. The van der Waals surface area contributed by atoms with Crippen LogP contribution in [-0.4, -0.2) is 0 Å². The van der Waals surface area contributed by atoms with Gasteiger partial charge in [-0.05, 0) is 173 Å². The first-order chi connectivity index (χ1) is 32.7. The van der Waals surface area contributed by atoms with Crippen LogP contribution in [0, 0.1) is 20.8 Å². The van der Waals surface area contributed by atoms with Gasteiger partial charge in [-0.15, -0.1) is 0 Å². The highest BCUT2D eigenvalue weighted by molar-refractivity contribution is 6.17. The molecule has 3 heteroatoms.